The number of fused-ring (bicyclic) bond motifs is 1. The van der Waals surface area contributed by atoms with Gasteiger partial charge in [-0.1, -0.05) is 12.1 Å². The lowest BCUT2D eigenvalue weighted by molar-refractivity contribution is 0.410. The van der Waals surface area contributed by atoms with Crippen molar-refractivity contribution in [3.05, 3.63) is 72.6 Å². The number of aromatic hydroxyl groups is 1. The number of para-hydroxylation sites is 1. The Balaban J connectivity index is 1.95. The van der Waals surface area contributed by atoms with E-state index in [0.717, 1.165) is 19.7 Å². The zero-order valence-electron chi connectivity index (χ0n) is 15.7. The van der Waals surface area contributed by atoms with Crippen LogP contribution in [0.2, 0.25) is 0 Å². The third-order valence-corrected chi connectivity index (χ3v) is 7.34. The lowest BCUT2D eigenvalue weighted by atomic mass is 10.1. The van der Waals surface area contributed by atoms with Crippen molar-refractivity contribution in [2.24, 2.45) is 19.1 Å². The number of aliphatic imine (C=N–C) groups is 1. The average molecular weight is 414 g/mol. The third kappa shape index (κ3) is 3.12. The molecule has 0 spiro atoms. The first-order valence-electron chi connectivity index (χ1n) is 8.75. The number of nitrogens with zero attached hydrogens (tertiary/aromatic N) is 3. The van der Waals surface area contributed by atoms with E-state index < -0.39 is 11.2 Å². The molecule has 1 aliphatic heterocycles. The second-order valence-corrected chi connectivity index (χ2v) is 9.25. The molecule has 0 saturated heterocycles. The molecular formula is C20H19N3O3S2. The first-order chi connectivity index (χ1) is 13.4. The summed E-state index contributed by atoms with van der Waals surface area (Å²) in [7, 11) is 2.86. The maximum atomic E-state index is 12.8. The summed E-state index contributed by atoms with van der Waals surface area (Å²) < 4.78 is 2.08. The average Bonchev–Trinajstić information content (AvgIpc) is 3.02. The molecule has 144 valence electrons. The van der Waals surface area contributed by atoms with E-state index in [-0.39, 0.29) is 16.7 Å². The van der Waals surface area contributed by atoms with Crippen LogP contribution < -0.4 is 11.2 Å². The fourth-order valence-corrected chi connectivity index (χ4v) is 5.52. The highest BCUT2D eigenvalue weighted by Gasteiger charge is 2.28. The molecule has 0 aliphatic carbocycles. The van der Waals surface area contributed by atoms with E-state index >= 15 is 0 Å². The molecule has 28 heavy (non-hydrogen) atoms. The highest BCUT2D eigenvalue weighted by atomic mass is 32.2. The number of aromatic nitrogens is 2. The molecule has 0 fully saturated rings. The van der Waals surface area contributed by atoms with Gasteiger partial charge in [-0.05, 0) is 31.2 Å². The van der Waals surface area contributed by atoms with Crippen LogP contribution in [0.5, 0.6) is 5.88 Å². The molecule has 1 unspecified atom stereocenters. The molecule has 0 bridgehead atoms. The molecule has 3 heterocycles. The molecule has 1 atom stereocenters. The molecule has 1 aliphatic rings. The van der Waals surface area contributed by atoms with Crippen molar-refractivity contribution in [3.63, 3.8) is 0 Å². The number of benzene rings is 1. The zero-order valence-corrected chi connectivity index (χ0v) is 17.3. The minimum Gasteiger partial charge on any atom is -0.494 e. The second-order valence-electron chi connectivity index (χ2n) is 6.69. The molecule has 0 radical (unpaired) electrons. The van der Waals surface area contributed by atoms with Gasteiger partial charge < -0.3 is 5.11 Å². The maximum absolute atomic E-state index is 12.8. The first kappa shape index (κ1) is 18.8. The van der Waals surface area contributed by atoms with Crippen LogP contribution in [0.25, 0.3) is 0 Å². The lowest BCUT2D eigenvalue weighted by Gasteiger charge is -2.15. The number of thiophene rings is 1. The minimum atomic E-state index is -0.569. The summed E-state index contributed by atoms with van der Waals surface area (Å²) in [6.45, 7) is 2.06. The Labute approximate surface area is 169 Å². The summed E-state index contributed by atoms with van der Waals surface area (Å²) in [6, 6.07) is 12.0. The maximum Gasteiger partial charge on any atom is 0.333 e. The van der Waals surface area contributed by atoms with Crippen LogP contribution in [-0.4, -0.2) is 20.0 Å². The minimum absolute atomic E-state index is 0.0578. The molecule has 6 nitrogen and oxygen atoms in total. The number of aryl methyl sites for hydroxylation is 1. The number of hydrogen-bond acceptors (Lipinski definition) is 6. The smallest absolute Gasteiger partial charge is 0.333 e. The first-order valence-corrected chi connectivity index (χ1v) is 10.5. The number of thioether (sulfide) groups is 1. The van der Waals surface area contributed by atoms with Crippen molar-refractivity contribution in [1.29, 1.82) is 0 Å². The Bertz CT molecular complexity index is 1220. The van der Waals surface area contributed by atoms with E-state index in [1.165, 1.54) is 23.8 Å². The van der Waals surface area contributed by atoms with Gasteiger partial charge in [-0.15, -0.1) is 23.1 Å². The van der Waals surface area contributed by atoms with E-state index in [1.54, 1.807) is 23.1 Å². The molecule has 2 aromatic heterocycles. The Morgan fingerprint density at radius 1 is 1.11 bits per heavy atom. The molecular weight excluding hydrogens is 394 g/mol. The van der Waals surface area contributed by atoms with Crippen molar-refractivity contribution < 1.29 is 5.11 Å². The van der Waals surface area contributed by atoms with Crippen LogP contribution >= 0.6 is 23.1 Å². The third-order valence-electron chi connectivity index (χ3n) is 4.77. The Hall–Kier alpha value is -2.58. The standard InChI is InChI=1S/C20H19N3O3S2/c1-11-8-9-15(27-11)16-10-13(21-12-6-4-5-7-14(12)28-16)17-18(24)22(2)20(26)23(3)19(17)25/h4-9,16,24H,10H2,1-3H3. The topological polar surface area (TPSA) is 76.6 Å². The van der Waals surface area contributed by atoms with Crippen LogP contribution in [0, 0.1) is 6.92 Å². The van der Waals surface area contributed by atoms with Crippen molar-refractivity contribution in [2.45, 2.75) is 23.5 Å². The van der Waals surface area contributed by atoms with Gasteiger partial charge in [0.25, 0.3) is 5.56 Å². The Morgan fingerprint density at radius 2 is 1.86 bits per heavy atom. The summed E-state index contributed by atoms with van der Waals surface area (Å²) in [6.07, 6.45) is 0.473. The van der Waals surface area contributed by atoms with E-state index in [0.29, 0.717) is 12.1 Å². The summed E-state index contributed by atoms with van der Waals surface area (Å²) in [4.78, 5) is 33.1. The lowest BCUT2D eigenvalue weighted by Crippen LogP contribution is -2.40. The fraction of sp³-hybridized carbons (Fsp3) is 0.250. The Morgan fingerprint density at radius 3 is 2.57 bits per heavy atom. The van der Waals surface area contributed by atoms with Crippen LogP contribution in [0.15, 0.2) is 55.9 Å². The van der Waals surface area contributed by atoms with Crippen molar-refractivity contribution in [1.82, 2.24) is 9.13 Å². The monoisotopic (exact) mass is 413 g/mol. The summed E-state index contributed by atoms with van der Waals surface area (Å²) in [5, 5.41) is 10.7. The van der Waals surface area contributed by atoms with Crippen molar-refractivity contribution >= 4 is 34.5 Å². The highest BCUT2D eigenvalue weighted by molar-refractivity contribution is 7.99. The molecule has 0 saturated carbocycles. The van der Waals surface area contributed by atoms with Gasteiger partial charge in [0.1, 0.15) is 5.56 Å². The normalized spacial score (nSPS) is 16.4. The molecule has 4 rings (SSSR count). The summed E-state index contributed by atoms with van der Waals surface area (Å²) >= 11 is 3.42. The van der Waals surface area contributed by atoms with Gasteiger partial charge in [0, 0.05) is 40.4 Å². The zero-order chi connectivity index (χ0) is 20.0. The molecule has 8 heteroatoms. The molecule has 3 aromatic rings. The number of rotatable bonds is 2. The van der Waals surface area contributed by atoms with E-state index in [4.69, 9.17) is 4.99 Å². The van der Waals surface area contributed by atoms with Gasteiger partial charge in [-0.25, -0.2) is 4.79 Å². The van der Waals surface area contributed by atoms with Gasteiger partial charge >= 0.3 is 5.69 Å². The predicted octanol–water partition coefficient (Wildman–Crippen LogP) is 3.52. The van der Waals surface area contributed by atoms with Crippen LogP contribution in [0.4, 0.5) is 5.69 Å². The van der Waals surface area contributed by atoms with Crippen molar-refractivity contribution in [3.8, 4) is 5.88 Å². The molecule has 0 amide bonds. The number of hydrogen-bond donors (Lipinski definition) is 1. The fourth-order valence-electron chi connectivity index (χ4n) is 3.24. The molecule has 1 aromatic carbocycles. The molecule has 1 N–H and O–H groups in total. The van der Waals surface area contributed by atoms with Crippen molar-refractivity contribution in [2.75, 3.05) is 0 Å². The van der Waals surface area contributed by atoms with E-state index in [1.807, 2.05) is 24.3 Å². The van der Waals surface area contributed by atoms with E-state index in [2.05, 4.69) is 19.1 Å². The highest BCUT2D eigenvalue weighted by Crippen LogP contribution is 2.47. The van der Waals surface area contributed by atoms with Crippen LogP contribution in [0.3, 0.4) is 0 Å². The van der Waals surface area contributed by atoms with Crippen LogP contribution in [0.1, 0.15) is 27.0 Å². The van der Waals surface area contributed by atoms with Gasteiger partial charge in [-0.2, -0.15) is 0 Å². The Kier molecular flexibility index (Phi) is 4.76. The SMILES string of the molecule is Cc1ccc(C2CC(c3c(O)n(C)c(=O)n(C)c3=O)=Nc3ccccc3S2)s1. The van der Waals surface area contributed by atoms with Gasteiger partial charge in [-0.3, -0.25) is 18.9 Å². The summed E-state index contributed by atoms with van der Waals surface area (Å²) in [5.41, 5.74) is 0.224. The van der Waals surface area contributed by atoms with Gasteiger partial charge in [0.15, 0.2) is 0 Å². The van der Waals surface area contributed by atoms with Gasteiger partial charge in [0.05, 0.1) is 11.4 Å². The summed E-state index contributed by atoms with van der Waals surface area (Å²) in [5.74, 6) is -0.350. The van der Waals surface area contributed by atoms with E-state index in [9.17, 15) is 14.7 Å². The quantitative estimate of drug-likeness (QED) is 0.697. The predicted molar refractivity (Wildman–Crippen MR) is 113 cm³/mol. The van der Waals surface area contributed by atoms with Crippen LogP contribution in [-0.2, 0) is 14.1 Å². The largest absolute Gasteiger partial charge is 0.494 e. The van der Waals surface area contributed by atoms with Gasteiger partial charge in [0.2, 0.25) is 5.88 Å². The second kappa shape index (κ2) is 7.10.